The number of amides is 1. The molecule has 2 aromatic carbocycles. The van der Waals surface area contributed by atoms with Crippen LogP contribution >= 0.6 is 24.0 Å². The number of carbonyl (C=O) groups is 1. The average Bonchev–Trinajstić information content (AvgIpc) is 2.83. The van der Waals surface area contributed by atoms with E-state index in [4.69, 9.17) is 17.0 Å². The first kappa shape index (κ1) is 17.7. The Morgan fingerprint density at radius 1 is 1.20 bits per heavy atom. The van der Waals surface area contributed by atoms with E-state index in [1.54, 1.807) is 4.90 Å². The van der Waals surface area contributed by atoms with E-state index in [-0.39, 0.29) is 5.91 Å². The highest BCUT2D eigenvalue weighted by atomic mass is 32.2. The fraction of sp³-hybridized carbons (Fsp3) is 0.200. The summed E-state index contributed by atoms with van der Waals surface area (Å²) in [5.41, 5.74) is 3.97. The first-order valence-electron chi connectivity index (χ1n) is 8.07. The number of anilines is 1. The smallest absolute Gasteiger partial charge is 0.270 e. The third-order valence-corrected chi connectivity index (χ3v) is 5.16. The third kappa shape index (κ3) is 3.78. The van der Waals surface area contributed by atoms with Gasteiger partial charge in [-0.2, -0.15) is 0 Å². The second kappa shape index (κ2) is 7.42. The first-order chi connectivity index (χ1) is 12.0. The molecule has 1 amide bonds. The molecule has 0 N–H and O–H groups in total. The summed E-state index contributed by atoms with van der Waals surface area (Å²) < 4.78 is 6.08. The normalized spacial score (nSPS) is 16.0. The second-order valence-electron chi connectivity index (χ2n) is 5.81. The monoisotopic (exact) mass is 369 g/mol. The number of rotatable bonds is 4. The van der Waals surface area contributed by atoms with Gasteiger partial charge in [0.15, 0.2) is 4.32 Å². The molecule has 3 nitrogen and oxygen atoms in total. The highest BCUT2D eigenvalue weighted by molar-refractivity contribution is 8.27. The van der Waals surface area contributed by atoms with E-state index in [1.165, 1.54) is 11.8 Å². The Balaban J connectivity index is 1.92. The van der Waals surface area contributed by atoms with Gasteiger partial charge in [-0.25, -0.2) is 0 Å². The van der Waals surface area contributed by atoms with Crippen molar-refractivity contribution in [1.29, 1.82) is 0 Å². The van der Waals surface area contributed by atoms with Crippen LogP contribution in [0.1, 0.15) is 23.6 Å². The van der Waals surface area contributed by atoms with Crippen LogP contribution in [0.5, 0.6) is 5.75 Å². The fourth-order valence-corrected chi connectivity index (χ4v) is 4.03. The van der Waals surface area contributed by atoms with Crippen LogP contribution in [0.25, 0.3) is 6.08 Å². The maximum Gasteiger partial charge on any atom is 0.270 e. The van der Waals surface area contributed by atoms with Crippen molar-refractivity contribution in [3.63, 3.8) is 0 Å². The van der Waals surface area contributed by atoms with E-state index in [0.29, 0.717) is 15.8 Å². The molecule has 1 heterocycles. The largest absolute Gasteiger partial charge is 0.494 e. The van der Waals surface area contributed by atoms with Gasteiger partial charge in [0.25, 0.3) is 5.91 Å². The van der Waals surface area contributed by atoms with E-state index in [0.717, 1.165) is 28.1 Å². The predicted molar refractivity (Wildman–Crippen MR) is 109 cm³/mol. The van der Waals surface area contributed by atoms with Crippen molar-refractivity contribution in [3.05, 3.63) is 64.1 Å². The Bertz CT molecular complexity index is 874. The lowest BCUT2D eigenvalue weighted by Crippen LogP contribution is -2.28. The maximum absolute atomic E-state index is 12.9. The van der Waals surface area contributed by atoms with E-state index >= 15 is 0 Å². The molecule has 1 saturated heterocycles. The van der Waals surface area contributed by atoms with E-state index in [2.05, 4.69) is 6.07 Å². The summed E-state index contributed by atoms with van der Waals surface area (Å²) in [4.78, 5) is 15.1. The highest BCUT2D eigenvalue weighted by Gasteiger charge is 2.34. The standard InChI is InChI=1S/C20H19NO2S2/c1-4-23-16-7-5-6-15(11-16)12-18-19(22)21(20(24)25-18)17-9-8-13(2)10-14(17)3/h5-12H,4H2,1-3H3/b18-12+. The SMILES string of the molecule is CCOc1cccc(/C=C2/SC(=S)N(c3ccc(C)cc3C)C2=O)c1. The van der Waals surface area contributed by atoms with Gasteiger partial charge in [0.2, 0.25) is 0 Å². The molecule has 0 bridgehead atoms. The zero-order valence-corrected chi connectivity index (χ0v) is 16.0. The van der Waals surface area contributed by atoms with Crippen molar-refractivity contribution in [2.24, 2.45) is 0 Å². The van der Waals surface area contributed by atoms with E-state index in [1.807, 2.05) is 63.2 Å². The van der Waals surface area contributed by atoms with Crippen molar-refractivity contribution in [2.75, 3.05) is 11.5 Å². The molecular formula is C20H19NO2S2. The third-order valence-electron chi connectivity index (χ3n) is 3.85. The van der Waals surface area contributed by atoms with Gasteiger partial charge >= 0.3 is 0 Å². The van der Waals surface area contributed by atoms with Crippen LogP contribution < -0.4 is 9.64 Å². The Morgan fingerprint density at radius 2 is 2.00 bits per heavy atom. The lowest BCUT2D eigenvalue weighted by molar-refractivity contribution is -0.113. The summed E-state index contributed by atoms with van der Waals surface area (Å²) in [5.74, 6) is 0.713. The highest BCUT2D eigenvalue weighted by Crippen LogP contribution is 2.37. The molecule has 3 rings (SSSR count). The molecule has 25 heavy (non-hydrogen) atoms. The number of ether oxygens (including phenoxy) is 1. The summed E-state index contributed by atoms with van der Waals surface area (Å²) >= 11 is 6.79. The first-order valence-corrected chi connectivity index (χ1v) is 9.30. The lowest BCUT2D eigenvalue weighted by atomic mass is 10.1. The fourth-order valence-electron chi connectivity index (χ4n) is 2.74. The predicted octanol–water partition coefficient (Wildman–Crippen LogP) is 5.11. The minimum atomic E-state index is -0.0798. The van der Waals surface area contributed by atoms with Crippen molar-refractivity contribution in [1.82, 2.24) is 0 Å². The molecule has 0 unspecified atom stereocenters. The van der Waals surface area contributed by atoms with E-state index in [9.17, 15) is 4.79 Å². The molecule has 1 aliphatic rings. The van der Waals surface area contributed by atoms with Gasteiger partial charge in [0.1, 0.15) is 5.75 Å². The summed E-state index contributed by atoms with van der Waals surface area (Å²) in [5, 5.41) is 0. The van der Waals surface area contributed by atoms with Crippen LogP contribution in [-0.4, -0.2) is 16.8 Å². The summed E-state index contributed by atoms with van der Waals surface area (Å²) in [6.45, 7) is 6.59. The number of hydrogen-bond donors (Lipinski definition) is 0. The second-order valence-corrected chi connectivity index (χ2v) is 7.49. The Labute approximate surface area is 157 Å². The number of aryl methyl sites for hydroxylation is 2. The zero-order valence-electron chi connectivity index (χ0n) is 14.4. The van der Waals surface area contributed by atoms with Gasteiger partial charge in [0.05, 0.1) is 17.2 Å². The van der Waals surface area contributed by atoms with Gasteiger partial charge in [0, 0.05) is 0 Å². The van der Waals surface area contributed by atoms with Crippen molar-refractivity contribution in [2.45, 2.75) is 20.8 Å². The Morgan fingerprint density at radius 3 is 2.72 bits per heavy atom. The Hall–Kier alpha value is -2.11. The number of thiocarbonyl (C=S) groups is 1. The molecule has 0 aliphatic carbocycles. The molecule has 5 heteroatoms. The molecule has 0 aromatic heterocycles. The van der Waals surface area contributed by atoms with Crippen LogP contribution in [0.2, 0.25) is 0 Å². The van der Waals surface area contributed by atoms with Gasteiger partial charge in [-0.3, -0.25) is 9.69 Å². The van der Waals surface area contributed by atoms with Gasteiger partial charge in [-0.05, 0) is 56.2 Å². The van der Waals surface area contributed by atoms with Crippen molar-refractivity contribution in [3.8, 4) is 5.75 Å². The van der Waals surface area contributed by atoms with Crippen LogP contribution in [0.4, 0.5) is 5.69 Å². The topological polar surface area (TPSA) is 29.5 Å². The van der Waals surface area contributed by atoms with Crippen molar-refractivity contribution < 1.29 is 9.53 Å². The molecule has 1 aliphatic heterocycles. The molecule has 1 fully saturated rings. The van der Waals surface area contributed by atoms with Gasteiger partial charge < -0.3 is 4.74 Å². The van der Waals surface area contributed by atoms with Crippen molar-refractivity contribution >= 4 is 46.0 Å². The Kier molecular flexibility index (Phi) is 5.25. The number of nitrogens with zero attached hydrogens (tertiary/aromatic N) is 1. The number of thioether (sulfide) groups is 1. The molecule has 2 aromatic rings. The summed E-state index contributed by atoms with van der Waals surface area (Å²) in [7, 11) is 0. The summed E-state index contributed by atoms with van der Waals surface area (Å²) in [6, 6.07) is 13.7. The molecule has 128 valence electrons. The average molecular weight is 370 g/mol. The van der Waals surface area contributed by atoms with Crippen LogP contribution in [-0.2, 0) is 4.79 Å². The number of hydrogen-bond acceptors (Lipinski definition) is 4. The number of carbonyl (C=O) groups excluding carboxylic acids is 1. The molecule has 0 saturated carbocycles. The van der Waals surface area contributed by atoms with Crippen LogP contribution in [0, 0.1) is 13.8 Å². The van der Waals surface area contributed by atoms with Crippen LogP contribution in [0.3, 0.4) is 0 Å². The zero-order chi connectivity index (χ0) is 18.0. The van der Waals surface area contributed by atoms with Gasteiger partial charge in [-0.1, -0.05) is 53.8 Å². The molecule has 0 radical (unpaired) electrons. The van der Waals surface area contributed by atoms with Gasteiger partial charge in [-0.15, -0.1) is 0 Å². The number of benzene rings is 2. The summed E-state index contributed by atoms with van der Waals surface area (Å²) in [6.07, 6.45) is 1.87. The molecular weight excluding hydrogens is 350 g/mol. The molecule has 0 atom stereocenters. The molecule has 0 spiro atoms. The lowest BCUT2D eigenvalue weighted by Gasteiger charge is -2.17. The quantitative estimate of drug-likeness (QED) is 0.553. The minimum absolute atomic E-state index is 0.0798. The minimum Gasteiger partial charge on any atom is -0.494 e. The van der Waals surface area contributed by atoms with E-state index < -0.39 is 0 Å². The maximum atomic E-state index is 12.9. The van der Waals surface area contributed by atoms with Crippen LogP contribution in [0.15, 0.2) is 47.4 Å².